The van der Waals surface area contributed by atoms with E-state index >= 15 is 0 Å². The SMILES string of the molecule is COC(=O)c1ccc2c(c1)C(=O)N(N1CCC(F)(F)CC1c1cccc(F)c1)C2. The number of carbonyl (C=O) groups excluding carboxylic acids is 2. The minimum atomic E-state index is -2.90. The summed E-state index contributed by atoms with van der Waals surface area (Å²) in [7, 11) is 1.25. The number of methoxy groups -OCH3 is 1. The van der Waals surface area contributed by atoms with E-state index in [1.165, 1.54) is 36.4 Å². The lowest BCUT2D eigenvalue weighted by Crippen LogP contribution is -2.51. The fourth-order valence-corrected chi connectivity index (χ4v) is 3.95. The number of hydrazine groups is 1. The van der Waals surface area contributed by atoms with Crippen LogP contribution in [0.1, 0.15) is 50.7 Å². The molecule has 2 heterocycles. The van der Waals surface area contributed by atoms with Crippen LogP contribution in [0.3, 0.4) is 0 Å². The van der Waals surface area contributed by atoms with Crippen molar-refractivity contribution in [3.63, 3.8) is 0 Å². The highest BCUT2D eigenvalue weighted by Gasteiger charge is 2.45. The normalized spacial score (nSPS) is 21.2. The number of halogens is 3. The van der Waals surface area contributed by atoms with Gasteiger partial charge >= 0.3 is 5.97 Å². The highest BCUT2D eigenvalue weighted by molar-refractivity contribution is 6.01. The van der Waals surface area contributed by atoms with Gasteiger partial charge in [0.05, 0.1) is 25.3 Å². The first-order chi connectivity index (χ1) is 13.8. The van der Waals surface area contributed by atoms with E-state index in [4.69, 9.17) is 4.74 Å². The van der Waals surface area contributed by atoms with Gasteiger partial charge in [0, 0.05) is 24.9 Å². The van der Waals surface area contributed by atoms with Crippen molar-refractivity contribution in [2.75, 3.05) is 13.7 Å². The van der Waals surface area contributed by atoms with Crippen LogP contribution < -0.4 is 0 Å². The number of benzene rings is 2. The zero-order valence-electron chi connectivity index (χ0n) is 15.7. The number of hydrogen-bond donors (Lipinski definition) is 0. The molecule has 1 unspecified atom stereocenters. The van der Waals surface area contributed by atoms with Crippen molar-refractivity contribution in [1.82, 2.24) is 10.0 Å². The summed E-state index contributed by atoms with van der Waals surface area (Å²) in [4.78, 5) is 24.8. The largest absolute Gasteiger partial charge is 0.465 e. The molecular formula is C21H19F3N2O3. The van der Waals surface area contributed by atoms with Crippen LogP contribution in [0.4, 0.5) is 13.2 Å². The van der Waals surface area contributed by atoms with E-state index in [2.05, 4.69) is 0 Å². The second kappa shape index (κ2) is 7.18. The third-order valence-electron chi connectivity index (χ3n) is 5.42. The quantitative estimate of drug-likeness (QED) is 0.727. The second-order valence-corrected chi connectivity index (χ2v) is 7.27. The molecule has 1 saturated heterocycles. The Labute approximate surface area is 165 Å². The molecule has 8 heteroatoms. The summed E-state index contributed by atoms with van der Waals surface area (Å²) in [6.45, 7) is 0.158. The van der Waals surface area contributed by atoms with Crippen molar-refractivity contribution in [2.24, 2.45) is 0 Å². The van der Waals surface area contributed by atoms with E-state index in [0.717, 1.165) is 0 Å². The molecule has 2 aromatic rings. The molecule has 2 aromatic carbocycles. The molecule has 0 aromatic heterocycles. The van der Waals surface area contributed by atoms with E-state index in [0.29, 0.717) is 16.7 Å². The first kappa shape index (κ1) is 19.4. The van der Waals surface area contributed by atoms with E-state index in [1.807, 2.05) is 0 Å². The Morgan fingerprint density at radius 3 is 2.72 bits per heavy atom. The topological polar surface area (TPSA) is 49.9 Å². The highest BCUT2D eigenvalue weighted by atomic mass is 19.3. The summed E-state index contributed by atoms with van der Waals surface area (Å²) >= 11 is 0. The number of carbonyl (C=O) groups is 2. The molecule has 0 spiro atoms. The van der Waals surface area contributed by atoms with Gasteiger partial charge in [-0.2, -0.15) is 0 Å². The predicted octanol–water partition coefficient (Wildman–Crippen LogP) is 3.96. The molecule has 1 fully saturated rings. The van der Waals surface area contributed by atoms with Gasteiger partial charge < -0.3 is 4.74 Å². The lowest BCUT2D eigenvalue weighted by Gasteiger charge is -2.43. The van der Waals surface area contributed by atoms with E-state index in [9.17, 15) is 22.8 Å². The number of nitrogens with zero attached hydrogens (tertiary/aromatic N) is 2. The number of alkyl halides is 2. The monoisotopic (exact) mass is 404 g/mol. The zero-order valence-corrected chi connectivity index (χ0v) is 15.7. The Bertz CT molecular complexity index is 979. The fraction of sp³-hybridized carbons (Fsp3) is 0.333. The molecule has 2 aliphatic rings. The van der Waals surface area contributed by atoms with Crippen molar-refractivity contribution in [3.8, 4) is 0 Å². The van der Waals surface area contributed by atoms with Crippen LogP contribution >= 0.6 is 0 Å². The lowest BCUT2D eigenvalue weighted by molar-refractivity contribution is -0.136. The van der Waals surface area contributed by atoms with Gasteiger partial charge in [0.25, 0.3) is 11.8 Å². The molecule has 1 amide bonds. The van der Waals surface area contributed by atoms with Gasteiger partial charge in [-0.25, -0.2) is 23.0 Å². The standard InChI is InChI=1S/C21H19F3N2O3/c1-29-20(28)14-5-6-15-12-26(19(27)17(15)10-14)25-8-7-21(23,24)11-18(25)13-3-2-4-16(22)9-13/h2-6,9-10,18H,7-8,11-12H2,1H3. The van der Waals surface area contributed by atoms with E-state index < -0.39 is 36.6 Å². The first-order valence-corrected chi connectivity index (χ1v) is 9.22. The molecule has 0 radical (unpaired) electrons. The minimum absolute atomic E-state index is 0.0439. The molecule has 5 nitrogen and oxygen atoms in total. The Balaban J connectivity index is 1.67. The van der Waals surface area contributed by atoms with Gasteiger partial charge in [-0.1, -0.05) is 18.2 Å². The smallest absolute Gasteiger partial charge is 0.337 e. The maximum Gasteiger partial charge on any atom is 0.337 e. The summed E-state index contributed by atoms with van der Waals surface area (Å²) in [6.07, 6.45) is -0.906. The number of piperidine rings is 1. The van der Waals surface area contributed by atoms with Gasteiger partial charge in [-0.3, -0.25) is 9.80 Å². The maximum atomic E-state index is 14.2. The third kappa shape index (κ3) is 3.60. The van der Waals surface area contributed by atoms with Crippen molar-refractivity contribution in [3.05, 3.63) is 70.5 Å². The third-order valence-corrected chi connectivity index (χ3v) is 5.42. The van der Waals surface area contributed by atoms with Crippen LogP contribution in [0.5, 0.6) is 0 Å². The van der Waals surface area contributed by atoms with Gasteiger partial charge in [-0.15, -0.1) is 0 Å². The van der Waals surface area contributed by atoms with Crippen LogP contribution in [0.2, 0.25) is 0 Å². The van der Waals surface area contributed by atoms with Crippen LogP contribution in [0.15, 0.2) is 42.5 Å². The van der Waals surface area contributed by atoms with Gasteiger partial charge in [-0.05, 0) is 35.4 Å². The van der Waals surface area contributed by atoms with Crippen molar-refractivity contribution in [1.29, 1.82) is 0 Å². The molecular weight excluding hydrogens is 385 g/mol. The van der Waals surface area contributed by atoms with E-state index in [-0.39, 0.29) is 24.6 Å². The molecule has 0 aliphatic carbocycles. The Kier molecular flexibility index (Phi) is 4.82. The molecule has 2 aliphatic heterocycles. The summed E-state index contributed by atoms with van der Waals surface area (Å²) in [5.74, 6) is -4.36. The van der Waals surface area contributed by atoms with Crippen LogP contribution in [-0.4, -0.2) is 41.5 Å². The number of ether oxygens (including phenoxy) is 1. The van der Waals surface area contributed by atoms with Crippen molar-refractivity contribution < 1.29 is 27.5 Å². The Morgan fingerprint density at radius 2 is 2.00 bits per heavy atom. The van der Waals surface area contributed by atoms with Crippen LogP contribution in [0, 0.1) is 5.82 Å². The van der Waals surface area contributed by atoms with Crippen LogP contribution in [0.25, 0.3) is 0 Å². The average Bonchev–Trinajstić information content (AvgIpc) is 3.02. The number of hydrogen-bond acceptors (Lipinski definition) is 4. The average molecular weight is 404 g/mol. The molecule has 0 N–H and O–H groups in total. The molecule has 152 valence electrons. The molecule has 0 bridgehead atoms. The van der Waals surface area contributed by atoms with Crippen molar-refractivity contribution >= 4 is 11.9 Å². The summed E-state index contributed by atoms with van der Waals surface area (Å²) < 4.78 is 46.8. The molecule has 29 heavy (non-hydrogen) atoms. The predicted molar refractivity (Wildman–Crippen MR) is 97.7 cm³/mol. The summed E-state index contributed by atoms with van der Waals surface area (Å²) in [6, 6.07) is 9.38. The number of esters is 1. The minimum Gasteiger partial charge on any atom is -0.465 e. The first-order valence-electron chi connectivity index (χ1n) is 9.22. The zero-order chi connectivity index (χ0) is 20.8. The van der Waals surface area contributed by atoms with Crippen LogP contribution in [-0.2, 0) is 11.3 Å². The highest BCUT2D eigenvalue weighted by Crippen LogP contribution is 2.42. The molecule has 4 rings (SSSR count). The lowest BCUT2D eigenvalue weighted by atomic mass is 9.94. The number of amides is 1. The van der Waals surface area contributed by atoms with Crippen molar-refractivity contribution in [2.45, 2.75) is 31.4 Å². The Hall–Kier alpha value is -2.87. The second-order valence-electron chi connectivity index (χ2n) is 7.27. The number of rotatable bonds is 3. The Morgan fingerprint density at radius 1 is 1.21 bits per heavy atom. The summed E-state index contributed by atoms with van der Waals surface area (Å²) in [5.41, 5.74) is 1.66. The summed E-state index contributed by atoms with van der Waals surface area (Å²) in [5, 5.41) is 3.00. The molecule has 0 saturated carbocycles. The van der Waals surface area contributed by atoms with E-state index in [1.54, 1.807) is 23.2 Å². The molecule has 1 atom stereocenters. The van der Waals surface area contributed by atoms with Gasteiger partial charge in [0.1, 0.15) is 5.82 Å². The van der Waals surface area contributed by atoms with Gasteiger partial charge in [0.15, 0.2) is 0 Å². The van der Waals surface area contributed by atoms with Gasteiger partial charge in [0.2, 0.25) is 0 Å². The maximum absolute atomic E-state index is 14.2. The number of fused-ring (bicyclic) bond motifs is 1. The fourth-order valence-electron chi connectivity index (χ4n) is 3.95.